The van der Waals surface area contributed by atoms with Gasteiger partial charge in [0.2, 0.25) is 0 Å². The van der Waals surface area contributed by atoms with Crippen LogP contribution in [0, 0.1) is 11.6 Å². The van der Waals surface area contributed by atoms with E-state index in [0.717, 1.165) is 11.3 Å². The van der Waals surface area contributed by atoms with Gasteiger partial charge in [-0.2, -0.15) is 5.10 Å². The maximum atomic E-state index is 15.4. The number of anilines is 1. The maximum Gasteiger partial charge on any atom is 0.266 e. The number of aromatic amines is 1. The molecule has 0 aliphatic carbocycles. The summed E-state index contributed by atoms with van der Waals surface area (Å²) in [5.41, 5.74) is 1.25. The molecular weight excluding hydrogens is 422 g/mol. The first-order valence-corrected chi connectivity index (χ1v) is 10.5. The Bertz CT molecular complexity index is 1230. The molecular formula is C18H12F2N4O3S2. The van der Waals surface area contributed by atoms with E-state index in [-0.39, 0.29) is 22.8 Å². The molecule has 0 saturated carbocycles. The largest absolute Gasteiger partial charge is 0.453 e. The summed E-state index contributed by atoms with van der Waals surface area (Å²) in [6.45, 7) is 0. The Kier molecular flexibility index (Phi) is 4.99. The number of H-pyrrole nitrogens is 1. The molecule has 148 valence electrons. The monoisotopic (exact) mass is 434 g/mol. The minimum absolute atomic E-state index is 0.00187. The van der Waals surface area contributed by atoms with Crippen LogP contribution in [0.15, 0.2) is 64.4 Å². The summed E-state index contributed by atoms with van der Waals surface area (Å²) in [5.74, 6) is -2.63. The van der Waals surface area contributed by atoms with E-state index in [1.807, 2.05) is 0 Å². The van der Waals surface area contributed by atoms with Crippen molar-refractivity contribution in [2.45, 2.75) is 4.90 Å². The standard InChI is InChI=1S/C18H12F2N4O3S2/c19-12-8-14(29(25,26)24-15-9-28-10-21-15)17(20)18(16(12)13-6-7-22-23-13)27-11-4-2-1-3-5-11/h1-10,24H,(H,22,23). The van der Waals surface area contributed by atoms with Crippen LogP contribution in [0.25, 0.3) is 11.3 Å². The van der Waals surface area contributed by atoms with Gasteiger partial charge in [0.15, 0.2) is 17.4 Å². The molecule has 0 bridgehead atoms. The Balaban J connectivity index is 1.88. The average Bonchev–Trinajstić information content (AvgIpc) is 3.39. The van der Waals surface area contributed by atoms with E-state index < -0.39 is 32.3 Å². The fourth-order valence-electron chi connectivity index (χ4n) is 2.58. The van der Waals surface area contributed by atoms with Gasteiger partial charge in [-0.15, -0.1) is 11.3 Å². The van der Waals surface area contributed by atoms with Gasteiger partial charge in [0.05, 0.1) is 16.8 Å². The molecule has 0 unspecified atom stereocenters. The number of nitrogens with zero attached hydrogens (tertiary/aromatic N) is 2. The number of hydrogen-bond donors (Lipinski definition) is 2. The second kappa shape index (κ2) is 7.60. The van der Waals surface area contributed by atoms with E-state index in [0.29, 0.717) is 6.07 Å². The Morgan fingerprint density at radius 2 is 1.93 bits per heavy atom. The van der Waals surface area contributed by atoms with Crippen molar-refractivity contribution in [1.82, 2.24) is 15.2 Å². The number of rotatable bonds is 6. The first-order valence-electron chi connectivity index (χ1n) is 8.11. The minimum atomic E-state index is -4.46. The zero-order valence-electron chi connectivity index (χ0n) is 14.5. The molecule has 0 radical (unpaired) electrons. The fraction of sp³-hybridized carbons (Fsp3) is 0. The first kappa shape index (κ1) is 19.0. The molecule has 0 fully saturated rings. The van der Waals surface area contributed by atoms with Crippen LogP contribution >= 0.6 is 11.3 Å². The smallest absolute Gasteiger partial charge is 0.266 e. The van der Waals surface area contributed by atoms with Crippen LogP contribution in [-0.4, -0.2) is 23.6 Å². The summed E-state index contributed by atoms with van der Waals surface area (Å²) < 4.78 is 63.3. The SMILES string of the molecule is O=S(=O)(Nc1cscn1)c1cc(F)c(-c2ccn[nH]2)c(Oc2ccccc2)c1F. The van der Waals surface area contributed by atoms with Crippen molar-refractivity contribution in [3.63, 3.8) is 0 Å². The van der Waals surface area contributed by atoms with Crippen LogP contribution in [0.3, 0.4) is 0 Å². The van der Waals surface area contributed by atoms with Gasteiger partial charge in [0.1, 0.15) is 16.5 Å². The van der Waals surface area contributed by atoms with Crippen LogP contribution in [0.5, 0.6) is 11.5 Å². The highest BCUT2D eigenvalue weighted by Gasteiger charge is 2.29. The summed E-state index contributed by atoms with van der Waals surface area (Å²) in [6, 6.07) is 10.1. The molecule has 2 N–H and O–H groups in total. The number of halogens is 2. The van der Waals surface area contributed by atoms with Crippen molar-refractivity contribution in [3.8, 4) is 22.8 Å². The highest BCUT2D eigenvalue weighted by atomic mass is 32.2. The van der Waals surface area contributed by atoms with E-state index in [9.17, 15) is 12.8 Å². The van der Waals surface area contributed by atoms with Crippen molar-refractivity contribution >= 4 is 27.2 Å². The van der Waals surface area contributed by atoms with Crippen molar-refractivity contribution < 1.29 is 21.9 Å². The lowest BCUT2D eigenvalue weighted by molar-refractivity contribution is 0.428. The highest BCUT2D eigenvalue weighted by molar-refractivity contribution is 7.92. The molecule has 7 nitrogen and oxygen atoms in total. The van der Waals surface area contributed by atoms with Gasteiger partial charge in [-0.3, -0.25) is 9.82 Å². The van der Waals surface area contributed by atoms with Crippen LogP contribution in [0.4, 0.5) is 14.6 Å². The predicted molar refractivity (Wildman–Crippen MR) is 103 cm³/mol. The Labute approximate surface area is 168 Å². The Morgan fingerprint density at radius 3 is 2.59 bits per heavy atom. The third-order valence-corrected chi connectivity index (χ3v) is 5.77. The van der Waals surface area contributed by atoms with Gasteiger partial charge in [0, 0.05) is 11.6 Å². The number of sulfonamides is 1. The zero-order chi connectivity index (χ0) is 20.4. The van der Waals surface area contributed by atoms with E-state index in [1.165, 1.54) is 35.3 Å². The molecule has 0 aliphatic heterocycles. The molecule has 0 amide bonds. The second-order valence-corrected chi connectivity index (χ2v) is 8.11. The molecule has 2 aromatic carbocycles. The summed E-state index contributed by atoms with van der Waals surface area (Å²) >= 11 is 1.15. The molecule has 29 heavy (non-hydrogen) atoms. The average molecular weight is 434 g/mol. The molecule has 4 aromatic rings. The number of aromatic nitrogens is 3. The van der Waals surface area contributed by atoms with E-state index in [2.05, 4.69) is 19.9 Å². The summed E-state index contributed by atoms with van der Waals surface area (Å²) in [6.07, 6.45) is 1.35. The van der Waals surface area contributed by atoms with Gasteiger partial charge in [-0.1, -0.05) is 18.2 Å². The molecule has 0 aliphatic rings. The lowest BCUT2D eigenvalue weighted by Gasteiger charge is -2.15. The minimum Gasteiger partial charge on any atom is -0.453 e. The highest BCUT2D eigenvalue weighted by Crippen LogP contribution is 2.40. The van der Waals surface area contributed by atoms with Crippen LogP contribution in [0.2, 0.25) is 0 Å². The molecule has 0 spiro atoms. The first-order chi connectivity index (χ1) is 14.0. The van der Waals surface area contributed by atoms with Crippen molar-refractivity contribution in [3.05, 3.63) is 71.2 Å². The number of hydrogen-bond acceptors (Lipinski definition) is 6. The van der Waals surface area contributed by atoms with Gasteiger partial charge in [-0.25, -0.2) is 22.2 Å². The van der Waals surface area contributed by atoms with Crippen molar-refractivity contribution in [2.75, 3.05) is 4.72 Å². The quantitative estimate of drug-likeness (QED) is 0.469. The lowest BCUT2D eigenvalue weighted by atomic mass is 10.1. The van der Waals surface area contributed by atoms with Gasteiger partial charge < -0.3 is 4.74 Å². The number of ether oxygens (including phenoxy) is 1. The zero-order valence-corrected chi connectivity index (χ0v) is 16.1. The summed E-state index contributed by atoms with van der Waals surface area (Å²) in [4.78, 5) is 2.89. The molecule has 4 rings (SSSR count). The van der Waals surface area contributed by atoms with E-state index in [4.69, 9.17) is 4.74 Å². The normalized spacial score (nSPS) is 11.4. The Morgan fingerprint density at radius 1 is 1.14 bits per heavy atom. The van der Waals surface area contributed by atoms with E-state index >= 15 is 4.39 Å². The molecule has 0 atom stereocenters. The van der Waals surface area contributed by atoms with E-state index in [1.54, 1.807) is 18.2 Å². The number of benzene rings is 2. The third-order valence-electron chi connectivity index (χ3n) is 3.83. The topological polar surface area (TPSA) is 97.0 Å². The van der Waals surface area contributed by atoms with Crippen molar-refractivity contribution in [2.24, 2.45) is 0 Å². The third kappa shape index (κ3) is 3.82. The molecule has 2 aromatic heterocycles. The van der Waals surface area contributed by atoms with Gasteiger partial charge in [-0.05, 0) is 24.3 Å². The molecule has 0 saturated heterocycles. The molecule has 2 heterocycles. The fourth-order valence-corrected chi connectivity index (χ4v) is 4.22. The number of nitrogens with one attached hydrogen (secondary N) is 2. The Hall–Kier alpha value is -3.31. The van der Waals surface area contributed by atoms with Crippen LogP contribution in [-0.2, 0) is 10.0 Å². The lowest BCUT2D eigenvalue weighted by Crippen LogP contribution is -2.16. The van der Waals surface area contributed by atoms with Crippen LogP contribution in [0.1, 0.15) is 0 Å². The summed E-state index contributed by atoms with van der Waals surface area (Å²) in [7, 11) is -4.46. The van der Waals surface area contributed by atoms with Crippen molar-refractivity contribution in [1.29, 1.82) is 0 Å². The second-order valence-electron chi connectivity index (χ2n) is 5.74. The predicted octanol–water partition coefficient (Wildman–Crippen LogP) is 4.40. The maximum absolute atomic E-state index is 15.4. The summed E-state index contributed by atoms with van der Waals surface area (Å²) in [5, 5.41) is 7.69. The number of para-hydroxylation sites is 1. The van der Waals surface area contributed by atoms with Gasteiger partial charge >= 0.3 is 0 Å². The van der Waals surface area contributed by atoms with Crippen LogP contribution < -0.4 is 9.46 Å². The van der Waals surface area contributed by atoms with Gasteiger partial charge in [0.25, 0.3) is 10.0 Å². The molecule has 11 heteroatoms. The number of thiazole rings is 1.